The molecule has 1 saturated carbocycles. The summed E-state index contributed by atoms with van der Waals surface area (Å²) in [6.45, 7) is 9.91. The fourth-order valence-electron chi connectivity index (χ4n) is 3.10. The molecule has 184 valence electrons. The van der Waals surface area contributed by atoms with E-state index in [1.807, 2.05) is 0 Å². The van der Waals surface area contributed by atoms with Crippen LogP contribution in [0.25, 0.3) is 0 Å². The molecular weight excluding hydrogens is 398 g/mol. The van der Waals surface area contributed by atoms with E-state index in [2.05, 4.69) is 39.1 Å². The summed E-state index contributed by atoms with van der Waals surface area (Å²) in [6, 6.07) is 6.57. The summed E-state index contributed by atoms with van der Waals surface area (Å²) in [4.78, 5) is 10.4. The lowest BCUT2D eigenvalue weighted by Crippen LogP contribution is -2.28. The molecule has 1 aromatic carbocycles. The first kappa shape index (κ1) is 30.0. The minimum Gasteiger partial charge on any atom is -0.508 e. The molecule has 1 heterocycles. The molecule has 2 aliphatic rings. The van der Waals surface area contributed by atoms with Gasteiger partial charge in [0.15, 0.2) is 0 Å². The third-order valence-corrected chi connectivity index (χ3v) is 5.88. The summed E-state index contributed by atoms with van der Waals surface area (Å²) in [7, 11) is 1.59. The molecule has 1 aliphatic heterocycles. The van der Waals surface area contributed by atoms with Gasteiger partial charge in [-0.25, -0.2) is 0 Å². The van der Waals surface area contributed by atoms with Gasteiger partial charge in [0.25, 0.3) is 0 Å². The molecule has 2 N–H and O–H groups in total. The number of unbranched alkanes of at least 4 members (excludes halogenated alkanes) is 3. The van der Waals surface area contributed by atoms with Crippen molar-refractivity contribution in [2.75, 3.05) is 13.7 Å². The molecule has 1 aromatic rings. The summed E-state index contributed by atoms with van der Waals surface area (Å²) >= 11 is 0. The normalized spacial score (nSPS) is 15.2. The van der Waals surface area contributed by atoms with Crippen LogP contribution in [0.4, 0.5) is 0 Å². The third-order valence-electron chi connectivity index (χ3n) is 5.88. The van der Waals surface area contributed by atoms with Crippen LogP contribution in [0.5, 0.6) is 11.5 Å². The molecule has 32 heavy (non-hydrogen) atoms. The first-order chi connectivity index (χ1) is 15.5. The molecule has 1 atom stereocenters. The van der Waals surface area contributed by atoms with Crippen molar-refractivity contribution < 1.29 is 14.6 Å². The number of methoxy groups -OCH3 is 1. The van der Waals surface area contributed by atoms with Crippen LogP contribution < -0.4 is 10.1 Å². The quantitative estimate of drug-likeness (QED) is 0.331. The zero-order valence-electron chi connectivity index (χ0n) is 21.4. The number of carbonyl (C=O) groups is 1. The van der Waals surface area contributed by atoms with E-state index < -0.39 is 0 Å². The second-order valence-corrected chi connectivity index (χ2v) is 8.67. The fourth-order valence-corrected chi connectivity index (χ4v) is 3.10. The van der Waals surface area contributed by atoms with Crippen LogP contribution in [-0.2, 0) is 4.79 Å². The Kier molecular flexibility index (Phi) is 19.6. The Morgan fingerprint density at radius 1 is 1.03 bits per heavy atom. The van der Waals surface area contributed by atoms with E-state index in [9.17, 15) is 4.79 Å². The van der Waals surface area contributed by atoms with E-state index in [1.54, 1.807) is 36.9 Å². The Balaban J connectivity index is 0.000000406. The number of benzene rings is 1. The Hall–Kier alpha value is -1.97. The topological polar surface area (TPSA) is 58.6 Å². The van der Waals surface area contributed by atoms with Gasteiger partial charge in [-0.15, -0.1) is 0 Å². The highest BCUT2D eigenvalue weighted by Crippen LogP contribution is 2.24. The Bertz CT molecular complexity index is 581. The van der Waals surface area contributed by atoms with Gasteiger partial charge in [0.1, 0.15) is 11.5 Å². The number of carbonyl (C=O) groups excluding carboxylic acids is 1. The van der Waals surface area contributed by atoms with Crippen LogP contribution in [0.2, 0.25) is 0 Å². The summed E-state index contributed by atoms with van der Waals surface area (Å²) in [6.07, 6.45) is 17.8. The summed E-state index contributed by atoms with van der Waals surface area (Å²) in [5.74, 6) is 2.19. The molecule has 1 amide bonds. The van der Waals surface area contributed by atoms with E-state index in [-0.39, 0.29) is 11.7 Å². The molecule has 4 nitrogen and oxygen atoms in total. The Morgan fingerprint density at radius 3 is 2.06 bits per heavy atom. The van der Waals surface area contributed by atoms with E-state index in [0.29, 0.717) is 0 Å². The van der Waals surface area contributed by atoms with Crippen molar-refractivity contribution in [1.29, 1.82) is 0 Å². The number of aromatic hydroxyl groups is 1. The zero-order chi connectivity index (χ0) is 24.0. The van der Waals surface area contributed by atoms with Gasteiger partial charge in [-0.05, 0) is 69.2 Å². The highest BCUT2D eigenvalue weighted by atomic mass is 16.5. The maximum absolute atomic E-state index is 10.4. The zero-order valence-corrected chi connectivity index (χ0v) is 21.4. The number of phenols is 1. The standard InChI is InChI=1S/C10H22.C7H8O2.C6H10.C5H9NO/c1-4-6-7-8-9-10(3)5-2;1-9-7-4-2-6(8)3-5-7;1-2-6-4-3-5-6;7-5-3-1-2-4-6-5/h10H,4-9H2,1-3H3;2-5,8H,1H3;2H,3-5H2,1H3;1-4H2,(H,6,7). The predicted octanol–water partition coefficient (Wildman–Crippen LogP) is 7.81. The van der Waals surface area contributed by atoms with Crippen molar-refractivity contribution in [3.8, 4) is 11.5 Å². The molecule has 0 radical (unpaired) electrons. The van der Waals surface area contributed by atoms with Gasteiger partial charge in [-0.2, -0.15) is 0 Å². The van der Waals surface area contributed by atoms with Crippen molar-refractivity contribution in [2.45, 2.75) is 105 Å². The first-order valence-corrected chi connectivity index (χ1v) is 12.7. The number of allylic oxidation sites excluding steroid dienone is 2. The second-order valence-electron chi connectivity index (χ2n) is 8.67. The fraction of sp³-hybridized carbons (Fsp3) is 0.679. The lowest BCUT2D eigenvalue weighted by atomic mass is 9.93. The molecular formula is C28H49NO3. The molecule has 0 spiro atoms. The predicted molar refractivity (Wildman–Crippen MR) is 137 cm³/mol. The third kappa shape index (κ3) is 17.7. The average Bonchev–Trinajstić information content (AvgIpc) is 2.78. The number of amides is 1. The second kappa shape index (κ2) is 20.9. The number of hydrogen-bond acceptors (Lipinski definition) is 3. The van der Waals surface area contributed by atoms with Crippen LogP contribution >= 0.6 is 0 Å². The van der Waals surface area contributed by atoms with E-state index in [0.717, 1.165) is 37.5 Å². The van der Waals surface area contributed by atoms with Gasteiger partial charge in [0, 0.05) is 13.0 Å². The van der Waals surface area contributed by atoms with Gasteiger partial charge in [-0.1, -0.05) is 70.9 Å². The highest BCUT2D eigenvalue weighted by Gasteiger charge is 2.04. The van der Waals surface area contributed by atoms with Crippen LogP contribution in [0.1, 0.15) is 105 Å². The average molecular weight is 448 g/mol. The minimum atomic E-state index is 0.214. The molecule has 1 saturated heterocycles. The molecule has 0 bridgehead atoms. The molecule has 1 aliphatic carbocycles. The smallest absolute Gasteiger partial charge is 0.219 e. The van der Waals surface area contributed by atoms with Crippen LogP contribution in [0.15, 0.2) is 35.9 Å². The van der Waals surface area contributed by atoms with Crippen molar-refractivity contribution in [3.05, 3.63) is 35.9 Å². The molecule has 3 rings (SSSR count). The Morgan fingerprint density at radius 2 is 1.72 bits per heavy atom. The summed E-state index contributed by atoms with van der Waals surface area (Å²) in [5.41, 5.74) is 1.65. The van der Waals surface area contributed by atoms with Crippen molar-refractivity contribution in [1.82, 2.24) is 5.32 Å². The van der Waals surface area contributed by atoms with E-state index >= 15 is 0 Å². The largest absolute Gasteiger partial charge is 0.508 e. The van der Waals surface area contributed by atoms with Gasteiger partial charge in [0.05, 0.1) is 7.11 Å². The van der Waals surface area contributed by atoms with Gasteiger partial charge in [0.2, 0.25) is 5.91 Å². The summed E-state index contributed by atoms with van der Waals surface area (Å²) in [5, 5.41) is 11.5. The highest BCUT2D eigenvalue weighted by molar-refractivity contribution is 5.76. The van der Waals surface area contributed by atoms with Crippen molar-refractivity contribution >= 4 is 5.91 Å². The maximum atomic E-state index is 10.4. The number of phenolic OH excluding ortho intramolecular Hbond substituents is 1. The lowest BCUT2D eigenvalue weighted by Gasteiger charge is -2.13. The van der Waals surface area contributed by atoms with E-state index in [1.165, 1.54) is 57.8 Å². The van der Waals surface area contributed by atoms with Gasteiger partial charge < -0.3 is 15.2 Å². The maximum Gasteiger partial charge on any atom is 0.219 e. The van der Waals surface area contributed by atoms with Crippen LogP contribution in [-0.4, -0.2) is 24.7 Å². The van der Waals surface area contributed by atoms with Crippen LogP contribution in [0.3, 0.4) is 0 Å². The lowest BCUT2D eigenvalue weighted by molar-refractivity contribution is -0.122. The number of nitrogens with one attached hydrogen (secondary N) is 1. The van der Waals surface area contributed by atoms with Gasteiger partial charge >= 0.3 is 0 Å². The summed E-state index contributed by atoms with van der Waals surface area (Å²) < 4.78 is 4.86. The number of hydrogen-bond donors (Lipinski definition) is 2. The minimum absolute atomic E-state index is 0.214. The van der Waals surface area contributed by atoms with E-state index in [4.69, 9.17) is 9.84 Å². The molecule has 1 unspecified atom stereocenters. The van der Waals surface area contributed by atoms with Crippen LogP contribution in [0, 0.1) is 5.92 Å². The van der Waals surface area contributed by atoms with Crippen molar-refractivity contribution in [2.24, 2.45) is 5.92 Å². The van der Waals surface area contributed by atoms with Crippen molar-refractivity contribution in [3.63, 3.8) is 0 Å². The Labute approximate surface area is 197 Å². The molecule has 4 heteroatoms. The molecule has 0 aromatic heterocycles. The molecule has 2 fully saturated rings. The van der Waals surface area contributed by atoms with Gasteiger partial charge in [-0.3, -0.25) is 4.79 Å². The number of rotatable bonds is 7. The number of piperidine rings is 1. The number of ether oxygens (including phenoxy) is 1. The first-order valence-electron chi connectivity index (χ1n) is 12.7. The monoisotopic (exact) mass is 447 g/mol. The SMILES string of the molecule is CC=C1CCC1.CCCCCCC(C)CC.COc1ccc(O)cc1.O=C1CCCCN1.